The lowest BCUT2D eigenvalue weighted by Crippen LogP contribution is -2.37. The second-order valence-corrected chi connectivity index (χ2v) is 18.9. The topological polar surface area (TPSA) is 94.1 Å². The van der Waals surface area contributed by atoms with Gasteiger partial charge in [-0.25, -0.2) is 0 Å². The highest BCUT2D eigenvalue weighted by molar-refractivity contribution is 7.45. The molecule has 9 heteroatoms. The van der Waals surface area contributed by atoms with E-state index in [0.717, 1.165) is 32.1 Å². The first-order valence-corrected chi connectivity index (χ1v) is 25.2. The maximum atomic E-state index is 12.7. The third kappa shape index (κ3) is 44.4. The van der Waals surface area contributed by atoms with Crippen LogP contribution in [0.1, 0.15) is 232 Å². The lowest BCUT2D eigenvalue weighted by atomic mass is 10.0. The maximum Gasteiger partial charge on any atom is 0.306 e. The Balaban J connectivity index is 4.08. The molecule has 0 N–H and O–H groups in total. The fraction of sp³-hybridized carbons (Fsp3) is 0.978. The van der Waals surface area contributed by atoms with E-state index in [0.29, 0.717) is 24.1 Å². The predicted octanol–water partition coefficient (Wildman–Crippen LogP) is 13.4. The van der Waals surface area contributed by atoms with E-state index in [2.05, 4.69) is 13.8 Å². The van der Waals surface area contributed by atoms with Gasteiger partial charge < -0.3 is 27.9 Å². The molecule has 0 rings (SSSR count). The van der Waals surface area contributed by atoms with Crippen molar-refractivity contribution in [3.8, 4) is 0 Å². The summed E-state index contributed by atoms with van der Waals surface area (Å²) in [6.45, 7) is 5.47. The number of nitrogens with zero attached hydrogens (tertiary/aromatic N) is 1. The normalized spacial score (nSPS) is 13.6. The fourth-order valence-corrected chi connectivity index (χ4v) is 7.69. The summed E-state index contributed by atoms with van der Waals surface area (Å²) in [6.07, 6.45) is 42.6. The molecule has 0 radical (unpaired) electrons. The Hall–Kier alpha value is -0.500. The molecular formula is C46H94NO7P. The Morgan fingerprint density at radius 3 is 1.20 bits per heavy atom. The largest absolute Gasteiger partial charge is 0.756 e. The number of hydrogen-bond donors (Lipinski definition) is 0. The molecule has 55 heavy (non-hydrogen) atoms. The molecule has 0 aliphatic heterocycles. The number of phosphoric acid groups is 1. The molecule has 0 saturated carbocycles. The number of hydrogen-bond acceptors (Lipinski definition) is 7. The number of carbonyl (C=O) groups is 1. The fourth-order valence-electron chi connectivity index (χ4n) is 6.96. The van der Waals surface area contributed by atoms with E-state index < -0.39 is 13.9 Å². The van der Waals surface area contributed by atoms with E-state index in [1.807, 2.05) is 21.1 Å². The van der Waals surface area contributed by atoms with Crippen LogP contribution < -0.4 is 4.89 Å². The van der Waals surface area contributed by atoms with Crippen molar-refractivity contribution in [2.75, 3.05) is 54.1 Å². The summed E-state index contributed by atoms with van der Waals surface area (Å²) >= 11 is 0. The summed E-state index contributed by atoms with van der Waals surface area (Å²) in [5.41, 5.74) is 0. The van der Waals surface area contributed by atoms with Crippen LogP contribution in [0, 0.1) is 0 Å². The molecule has 0 aliphatic carbocycles. The maximum absolute atomic E-state index is 12.7. The van der Waals surface area contributed by atoms with E-state index in [1.165, 1.54) is 180 Å². The molecule has 0 aromatic heterocycles. The van der Waals surface area contributed by atoms with Crippen molar-refractivity contribution >= 4 is 13.8 Å². The second kappa shape index (κ2) is 40.3. The number of likely N-dealkylation sites (N-methyl/N-ethyl adjacent to an activating group) is 1. The average Bonchev–Trinajstić information content (AvgIpc) is 3.13. The molecule has 0 aromatic rings. The lowest BCUT2D eigenvalue weighted by Gasteiger charge is -2.28. The number of esters is 1. The summed E-state index contributed by atoms with van der Waals surface area (Å²) < 4.78 is 34.6. The number of quaternary nitrogens is 1. The van der Waals surface area contributed by atoms with Crippen LogP contribution in [0.4, 0.5) is 0 Å². The van der Waals surface area contributed by atoms with Crippen LogP contribution in [0.5, 0.6) is 0 Å². The van der Waals surface area contributed by atoms with Crippen molar-refractivity contribution in [2.24, 2.45) is 0 Å². The minimum absolute atomic E-state index is 0.0314. The van der Waals surface area contributed by atoms with E-state index in [-0.39, 0.29) is 25.8 Å². The number of carbonyl (C=O) groups excluding carboxylic acids is 1. The van der Waals surface area contributed by atoms with Crippen LogP contribution in [0.25, 0.3) is 0 Å². The van der Waals surface area contributed by atoms with Crippen molar-refractivity contribution in [3.05, 3.63) is 0 Å². The standard InChI is InChI=1S/C46H94NO7P/c1-6-8-10-12-14-16-18-20-21-22-23-24-25-26-27-28-29-31-33-35-37-39-46(48)54-45(44-53-55(49,50)52-42-40-47(3,4)5)43-51-41-38-36-34-32-30-19-17-15-13-11-9-7-2/h45H,6-44H2,1-5H3. The highest BCUT2D eigenvalue weighted by Gasteiger charge is 2.20. The van der Waals surface area contributed by atoms with Crippen LogP contribution in [0.15, 0.2) is 0 Å². The van der Waals surface area contributed by atoms with Gasteiger partial charge in [-0.1, -0.05) is 213 Å². The van der Waals surface area contributed by atoms with Gasteiger partial charge in [0.05, 0.1) is 34.4 Å². The van der Waals surface area contributed by atoms with Gasteiger partial charge in [0.25, 0.3) is 7.82 Å². The van der Waals surface area contributed by atoms with Gasteiger partial charge >= 0.3 is 5.97 Å². The molecule has 0 bridgehead atoms. The summed E-state index contributed by atoms with van der Waals surface area (Å²) in [4.78, 5) is 25.1. The zero-order valence-corrected chi connectivity index (χ0v) is 38.3. The molecule has 0 fully saturated rings. The van der Waals surface area contributed by atoms with Crippen molar-refractivity contribution in [1.82, 2.24) is 0 Å². The molecule has 2 atom stereocenters. The molecule has 0 aromatic carbocycles. The molecule has 330 valence electrons. The van der Waals surface area contributed by atoms with Gasteiger partial charge in [0, 0.05) is 13.0 Å². The van der Waals surface area contributed by atoms with Gasteiger partial charge in [-0.2, -0.15) is 0 Å². The van der Waals surface area contributed by atoms with Gasteiger partial charge in [0.15, 0.2) is 0 Å². The highest BCUT2D eigenvalue weighted by atomic mass is 31.2. The monoisotopic (exact) mass is 804 g/mol. The summed E-state index contributed by atoms with van der Waals surface area (Å²) in [6, 6.07) is 0. The van der Waals surface area contributed by atoms with E-state index in [1.54, 1.807) is 0 Å². The number of ether oxygens (including phenoxy) is 2. The Kier molecular flexibility index (Phi) is 39.9. The quantitative estimate of drug-likeness (QED) is 0.0262. The van der Waals surface area contributed by atoms with Crippen LogP contribution >= 0.6 is 7.82 Å². The Bertz CT molecular complexity index is 853. The van der Waals surface area contributed by atoms with Crippen LogP contribution in [0.2, 0.25) is 0 Å². The number of unbranched alkanes of at least 4 members (excludes halogenated alkanes) is 31. The van der Waals surface area contributed by atoms with E-state index >= 15 is 0 Å². The third-order valence-electron chi connectivity index (χ3n) is 10.7. The predicted molar refractivity (Wildman–Crippen MR) is 231 cm³/mol. The first-order valence-electron chi connectivity index (χ1n) is 23.8. The lowest BCUT2D eigenvalue weighted by molar-refractivity contribution is -0.870. The van der Waals surface area contributed by atoms with E-state index in [9.17, 15) is 14.3 Å². The molecule has 0 heterocycles. The molecule has 8 nitrogen and oxygen atoms in total. The van der Waals surface area contributed by atoms with Crippen molar-refractivity contribution in [2.45, 2.75) is 238 Å². The molecule has 0 amide bonds. The minimum Gasteiger partial charge on any atom is -0.756 e. The number of phosphoric ester groups is 1. The van der Waals surface area contributed by atoms with Gasteiger partial charge in [0.2, 0.25) is 0 Å². The SMILES string of the molecule is CCCCCCCCCCCCCCCCCCCCCCCC(=O)OC(COCCCCCCCCCCCCCC)COP(=O)([O-])OCC[N+](C)(C)C. The average molecular weight is 804 g/mol. The number of rotatable bonds is 45. The van der Waals surface area contributed by atoms with E-state index in [4.69, 9.17) is 18.5 Å². The zero-order valence-electron chi connectivity index (χ0n) is 37.4. The van der Waals surface area contributed by atoms with Crippen molar-refractivity contribution in [3.63, 3.8) is 0 Å². The molecular weight excluding hydrogens is 709 g/mol. The Labute approximate surface area is 342 Å². The van der Waals surface area contributed by atoms with Gasteiger partial charge in [0.1, 0.15) is 19.3 Å². The Morgan fingerprint density at radius 2 is 0.836 bits per heavy atom. The van der Waals surface area contributed by atoms with Gasteiger partial charge in [-0.05, 0) is 12.8 Å². The Morgan fingerprint density at radius 1 is 0.491 bits per heavy atom. The summed E-state index contributed by atoms with van der Waals surface area (Å²) in [7, 11) is 1.38. The molecule has 0 aliphatic rings. The molecule has 0 spiro atoms. The molecule has 0 saturated heterocycles. The van der Waals surface area contributed by atoms with Crippen LogP contribution in [-0.2, 0) is 27.9 Å². The zero-order chi connectivity index (χ0) is 40.6. The minimum atomic E-state index is -4.52. The summed E-state index contributed by atoms with van der Waals surface area (Å²) in [5.74, 6) is -0.327. The van der Waals surface area contributed by atoms with Crippen molar-refractivity contribution in [1.29, 1.82) is 0 Å². The first kappa shape index (κ1) is 54.5. The van der Waals surface area contributed by atoms with Crippen LogP contribution in [0.3, 0.4) is 0 Å². The summed E-state index contributed by atoms with van der Waals surface area (Å²) in [5, 5.41) is 0. The van der Waals surface area contributed by atoms with Crippen molar-refractivity contribution < 1.29 is 37.3 Å². The van der Waals surface area contributed by atoms with Gasteiger partial charge in [-0.15, -0.1) is 0 Å². The smallest absolute Gasteiger partial charge is 0.306 e. The van der Waals surface area contributed by atoms with Gasteiger partial charge in [-0.3, -0.25) is 9.36 Å². The van der Waals surface area contributed by atoms with Crippen LogP contribution in [-0.4, -0.2) is 70.7 Å². The third-order valence-corrected chi connectivity index (χ3v) is 11.6. The second-order valence-electron chi connectivity index (χ2n) is 17.5. The first-order chi connectivity index (χ1) is 26.6. The highest BCUT2D eigenvalue weighted by Crippen LogP contribution is 2.38. The molecule has 2 unspecified atom stereocenters.